The molecule has 0 unspecified atom stereocenters. The van der Waals surface area contributed by atoms with E-state index in [-0.39, 0.29) is 5.92 Å². The first-order valence-corrected chi connectivity index (χ1v) is 17.6. The number of hydrogen-bond donors (Lipinski definition) is 14. The summed E-state index contributed by atoms with van der Waals surface area (Å²) in [6.07, 6.45) is -4.25. The highest BCUT2D eigenvalue weighted by Crippen LogP contribution is 2.05. The van der Waals surface area contributed by atoms with Gasteiger partial charge in [0.15, 0.2) is 0 Å². The van der Waals surface area contributed by atoms with E-state index >= 15 is 0 Å². The van der Waals surface area contributed by atoms with E-state index in [0.717, 1.165) is 6.92 Å². The van der Waals surface area contributed by atoms with Gasteiger partial charge in [-0.1, -0.05) is 13.8 Å². The molecule has 0 aromatic rings. The van der Waals surface area contributed by atoms with Crippen LogP contribution in [0.5, 0.6) is 0 Å². The Morgan fingerprint density at radius 2 is 0.807 bits per heavy atom. The van der Waals surface area contributed by atoms with Gasteiger partial charge in [-0.3, -0.25) is 52.7 Å². The lowest BCUT2D eigenvalue weighted by Crippen LogP contribution is -2.60. The molecule has 0 aromatic carbocycles. The van der Waals surface area contributed by atoms with E-state index in [9.17, 15) is 78.0 Å². The van der Waals surface area contributed by atoms with Crippen LogP contribution in [0, 0.1) is 5.92 Å². The van der Waals surface area contributed by atoms with Crippen LogP contribution in [0.2, 0.25) is 0 Å². The molecule has 0 spiro atoms. The molecule has 0 fully saturated rings. The van der Waals surface area contributed by atoms with Crippen LogP contribution in [0.3, 0.4) is 0 Å². The van der Waals surface area contributed by atoms with Crippen molar-refractivity contribution in [2.75, 3.05) is 5.75 Å². The van der Waals surface area contributed by atoms with Crippen molar-refractivity contribution in [3.8, 4) is 0 Å². The molecule has 0 aliphatic heterocycles. The third-order valence-corrected chi connectivity index (χ3v) is 8.03. The van der Waals surface area contributed by atoms with Gasteiger partial charge >= 0.3 is 23.9 Å². The summed E-state index contributed by atoms with van der Waals surface area (Å²) < 4.78 is 0. The summed E-state index contributed by atoms with van der Waals surface area (Å²) in [4.78, 5) is 147. The van der Waals surface area contributed by atoms with Crippen LogP contribution in [-0.2, 0) is 57.5 Å². The fourth-order valence-electron chi connectivity index (χ4n) is 4.36. The zero-order valence-corrected chi connectivity index (χ0v) is 32.1. The van der Waals surface area contributed by atoms with Crippen molar-refractivity contribution in [2.45, 2.75) is 108 Å². The molecule has 0 aromatic heterocycles. The minimum Gasteiger partial charge on any atom is -0.481 e. The van der Waals surface area contributed by atoms with Crippen molar-refractivity contribution in [1.29, 1.82) is 0 Å². The molecule has 0 bridgehead atoms. The highest BCUT2D eigenvalue weighted by molar-refractivity contribution is 7.80. The van der Waals surface area contributed by atoms with Gasteiger partial charge in [-0.2, -0.15) is 12.6 Å². The number of nitrogens with two attached hydrogens (primary N) is 2. The molecule has 0 aliphatic rings. The molecule has 15 N–H and O–H groups in total. The first-order chi connectivity index (χ1) is 26.3. The van der Waals surface area contributed by atoms with Crippen molar-refractivity contribution in [1.82, 2.24) is 37.2 Å². The topological polar surface area (TPSA) is 422 Å². The molecule has 320 valence electrons. The second-order valence-electron chi connectivity index (χ2n) is 12.9. The van der Waals surface area contributed by atoms with Crippen LogP contribution in [0.1, 0.15) is 59.8 Å². The van der Waals surface area contributed by atoms with Gasteiger partial charge in [-0.05, 0) is 26.2 Å². The third kappa shape index (κ3) is 19.4. The number of rotatable bonds is 26. The summed E-state index contributed by atoms with van der Waals surface area (Å²) in [5.41, 5.74) is 10.7. The van der Waals surface area contributed by atoms with Crippen molar-refractivity contribution < 1.29 is 78.0 Å². The molecule has 0 rings (SSSR count). The molecule has 26 heteroatoms. The van der Waals surface area contributed by atoms with Crippen LogP contribution < -0.4 is 48.7 Å². The Balaban J connectivity index is 5.84. The number of carboxylic acid groups (broad SMARTS) is 4. The Hall–Kier alpha value is -6.05. The second kappa shape index (κ2) is 24.5. The Morgan fingerprint density at radius 3 is 1.12 bits per heavy atom. The summed E-state index contributed by atoms with van der Waals surface area (Å²) in [7, 11) is 0. The average Bonchev–Trinajstić information content (AvgIpc) is 3.09. The summed E-state index contributed by atoms with van der Waals surface area (Å²) in [5, 5.41) is 51.9. The van der Waals surface area contributed by atoms with Crippen LogP contribution in [0.15, 0.2) is 0 Å². The number of carboxylic acids is 4. The number of carbonyl (C=O) groups excluding carboxylic acids is 8. The maximum absolute atomic E-state index is 13.1. The maximum atomic E-state index is 13.1. The monoisotopic (exact) mass is 835 g/mol. The molecule has 0 saturated carbocycles. The van der Waals surface area contributed by atoms with Gasteiger partial charge in [0.1, 0.15) is 42.3 Å². The second-order valence-corrected chi connectivity index (χ2v) is 13.2. The van der Waals surface area contributed by atoms with Gasteiger partial charge in [-0.15, -0.1) is 0 Å². The third-order valence-electron chi connectivity index (χ3n) is 7.67. The fraction of sp³-hybridized carbons (Fsp3) is 0.613. The molecular weight excluding hydrogens is 786 g/mol. The van der Waals surface area contributed by atoms with Crippen molar-refractivity contribution in [3.63, 3.8) is 0 Å². The van der Waals surface area contributed by atoms with Crippen LogP contribution in [-0.4, -0.2) is 146 Å². The van der Waals surface area contributed by atoms with Crippen molar-refractivity contribution in [2.24, 2.45) is 17.4 Å². The Morgan fingerprint density at radius 1 is 0.491 bits per heavy atom. The van der Waals surface area contributed by atoms with Gasteiger partial charge in [0.2, 0.25) is 47.3 Å². The van der Waals surface area contributed by atoms with Crippen LogP contribution in [0.25, 0.3) is 0 Å². The van der Waals surface area contributed by atoms with Gasteiger partial charge < -0.3 is 69.1 Å². The summed E-state index contributed by atoms with van der Waals surface area (Å²) in [6.45, 7) is 5.62. The van der Waals surface area contributed by atoms with E-state index in [1.165, 1.54) is 6.92 Å². The average molecular weight is 836 g/mol. The van der Waals surface area contributed by atoms with Gasteiger partial charge in [0.25, 0.3) is 0 Å². The predicted molar refractivity (Wildman–Crippen MR) is 194 cm³/mol. The summed E-state index contributed by atoms with van der Waals surface area (Å²) in [5.74, 6) is -16.1. The first-order valence-electron chi connectivity index (χ1n) is 17.0. The Kier molecular flexibility index (Phi) is 21.9. The van der Waals surface area contributed by atoms with E-state index in [1.807, 2.05) is 16.0 Å². The van der Waals surface area contributed by atoms with E-state index in [2.05, 4.69) is 33.9 Å². The first kappa shape index (κ1) is 50.9. The lowest BCUT2D eigenvalue weighted by molar-refractivity contribution is -0.145. The number of amides is 8. The molecular formula is C31H49N9O16S. The van der Waals surface area contributed by atoms with Crippen molar-refractivity contribution >= 4 is 83.8 Å². The lowest BCUT2D eigenvalue weighted by Gasteiger charge is -2.25. The minimum absolute atomic E-state index is 0.289. The molecule has 0 heterocycles. The van der Waals surface area contributed by atoms with Gasteiger partial charge in [-0.25, -0.2) is 4.79 Å². The number of primary amides is 1. The zero-order valence-electron chi connectivity index (χ0n) is 31.2. The SMILES string of the molecule is CC(C)[C@H](N)C(=O)N[C@@H](C)C(=O)N[C@@H](CC(=O)O)C(=O)N[C@@H](CS)C(=O)N[C@@H](C)C(=O)N[C@@H](CC(=O)O)C(=O)N[C@@H](CC(=O)O)C(=O)N[C@@H](CCC(N)=O)C(=O)O. The van der Waals surface area contributed by atoms with Gasteiger partial charge in [0, 0.05) is 12.2 Å². The smallest absolute Gasteiger partial charge is 0.326 e. The Bertz CT molecular complexity index is 1560. The normalized spacial score (nSPS) is 15.0. The summed E-state index contributed by atoms with van der Waals surface area (Å²) in [6, 6.07) is -13.0. The maximum Gasteiger partial charge on any atom is 0.326 e. The standard InChI is InChI=1S/C31H49N9O16S/c1-11(2)23(33)30(54)35-13(4)25(49)38-16(8-21(44)45)28(52)40-18(10-57)29(53)34-12(3)24(48)37-15(7-20(42)43)27(51)39-17(9-22(46)47)26(50)36-14(31(55)56)5-6-19(32)41/h11-18,23,57H,5-10,33H2,1-4H3,(H2,32,41)(H,34,53)(H,35,54)(H,36,50)(H,37,48)(H,38,49)(H,39,51)(H,40,52)(H,42,43)(H,44,45)(H,46,47)(H,55,56)/t12-,13-,14-,15-,16-,17-,18-,23-/m0/s1. The zero-order chi connectivity index (χ0) is 44.3. The predicted octanol–water partition coefficient (Wildman–Crippen LogP) is -5.89. The quantitative estimate of drug-likeness (QED) is 0.0361. The summed E-state index contributed by atoms with van der Waals surface area (Å²) >= 11 is 3.98. The van der Waals surface area contributed by atoms with E-state index in [0.29, 0.717) is 0 Å². The molecule has 8 amide bonds. The molecule has 25 nitrogen and oxygen atoms in total. The largest absolute Gasteiger partial charge is 0.481 e. The Labute approximate surface area is 329 Å². The number of hydrogen-bond acceptors (Lipinski definition) is 14. The number of thiol groups is 1. The number of nitrogens with one attached hydrogen (secondary N) is 7. The highest BCUT2D eigenvalue weighted by atomic mass is 32.1. The highest BCUT2D eigenvalue weighted by Gasteiger charge is 2.34. The molecule has 0 aliphatic carbocycles. The molecule has 0 radical (unpaired) electrons. The van der Waals surface area contributed by atoms with Crippen molar-refractivity contribution in [3.05, 3.63) is 0 Å². The molecule has 8 atom stereocenters. The van der Waals surface area contributed by atoms with E-state index < -0.39 is 157 Å². The van der Waals surface area contributed by atoms with Gasteiger partial charge in [0.05, 0.1) is 25.3 Å². The number of aliphatic carboxylic acids is 4. The minimum atomic E-state index is -2.02. The molecule has 57 heavy (non-hydrogen) atoms. The fourth-order valence-corrected chi connectivity index (χ4v) is 4.61. The molecule has 0 saturated heterocycles. The van der Waals surface area contributed by atoms with E-state index in [4.69, 9.17) is 11.5 Å². The number of carbonyl (C=O) groups is 12. The lowest BCUT2D eigenvalue weighted by atomic mass is 10.0. The van der Waals surface area contributed by atoms with E-state index in [1.54, 1.807) is 13.8 Å². The van der Waals surface area contributed by atoms with Crippen LogP contribution in [0.4, 0.5) is 0 Å². The van der Waals surface area contributed by atoms with Crippen LogP contribution >= 0.6 is 12.6 Å².